The van der Waals surface area contributed by atoms with Crippen LogP contribution < -0.4 is 10.6 Å². The lowest BCUT2D eigenvalue weighted by Crippen LogP contribution is -2.48. The van der Waals surface area contributed by atoms with Crippen molar-refractivity contribution in [1.82, 2.24) is 15.1 Å². The van der Waals surface area contributed by atoms with Gasteiger partial charge in [-0.25, -0.2) is 4.39 Å². The van der Waals surface area contributed by atoms with E-state index in [1.165, 1.54) is 29.8 Å². The molecule has 0 spiro atoms. The van der Waals surface area contributed by atoms with Gasteiger partial charge in [0.1, 0.15) is 5.82 Å². The predicted octanol–water partition coefficient (Wildman–Crippen LogP) is 2.46. The molecule has 0 saturated carbocycles. The van der Waals surface area contributed by atoms with Gasteiger partial charge in [-0.3, -0.25) is 19.4 Å². The quantitative estimate of drug-likeness (QED) is 0.647. The van der Waals surface area contributed by atoms with Crippen LogP contribution in [0.25, 0.3) is 0 Å². The molecule has 0 aromatic heterocycles. The van der Waals surface area contributed by atoms with Gasteiger partial charge >= 0.3 is 11.8 Å². The summed E-state index contributed by atoms with van der Waals surface area (Å²) in [7, 11) is 0. The third kappa shape index (κ3) is 6.92. The van der Waals surface area contributed by atoms with Crippen molar-refractivity contribution in [3.63, 3.8) is 0 Å². The molecule has 6 nitrogen and oxygen atoms in total. The summed E-state index contributed by atoms with van der Waals surface area (Å²) in [6.45, 7) is 5.82. The smallest absolute Gasteiger partial charge is 0.313 e. The van der Waals surface area contributed by atoms with Crippen LogP contribution in [-0.4, -0.2) is 60.9 Å². The van der Waals surface area contributed by atoms with Crippen LogP contribution in [0.2, 0.25) is 0 Å². The van der Waals surface area contributed by atoms with Crippen molar-refractivity contribution in [3.05, 3.63) is 64.4 Å². The van der Waals surface area contributed by atoms with E-state index in [0.717, 1.165) is 37.2 Å². The van der Waals surface area contributed by atoms with E-state index < -0.39 is 17.6 Å². The molecule has 2 N–H and O–H groups in total. The monoisotopic (exact) mass is 462 g/mol. The third-order valence-electron chi connectivity index (χ3n) is 4.81. The predicted molar refractivity (Wildman–Crippen MR) is 114 cm³/mol. The number of halogens is 2. The van der Waals surface area contributed by atoms with Crippen LogP contribution in [0.1, 0.15) is 5.56 Å². The average molecular weight is 463 g/mol. The van der Waals surface area contributed by atoms with Crippen LogP contribution in [-0.2, 0) is 16.1 Å². The Hall–Kier alpha value is -2.29. The molecule has 29 heavy (non-hydrogen) atoms. The van der Waals surface area contributed by atoms with Gasteiger partial charge in [-0.2, -0.15) is 0 Å². The molecular formula is C21H24BrFN4O2. The van der Waals surface area contributed by atoms with E-state index in [4.69, 9.17) is 0 Å². The lowest BCUT2D eigenvalue weighted by atomic mass is 10.2. The zero-order valence-electron chi connectivity index (χ0n) is 16.0. The van der Waals surface area contributed by atoms with Crippen LogP contribution in [0.3, 0.4) is 0 Å². The van der Waals surface area contributed by atoms with Gasteiger partial charge in [-0.05, 0) is 42.0 Å². The number of piperazine rings is 1. The summed E-state index contributed by atoms with van der Waals surface area (Å²) in [6.07, 6.45) is 0. The van der Waals surface area contributed by atoms with Gasteiger partial charge in [0.25, 0.3) is 0 Å². The van der Waals surface area contributed by atoms with Crippen LogP contribution in [0.5, 0.6) is 0 Å². The van der Waals surface area contributed by atoms with Crippen LogP contribution in [0.15, 0.2) is 53.0 Å². The second-order valence-electron chi connectivity index (χ2n) is 6.96. The molecule has 2 aromatic carbocycles. The molecule has 0 atom stereocenters. The van der Waals surface area contributed by atoms with Crippen molar-refractivity contribution in [2.24, 2.45) is 0 Å². The number of hydrogen-bond donors (Lipinski definition) is 2. The van der Waals surface area contributed by atoms with E-state index in [1.54, 1.807) is 0 Å². The summed E-state index contributed by atoms with van der Waals surface area (Å²) in [6, 6.07) is 13.6. The molecule has 1 aliphatic heterocycles. The molecule has 1 saturated heterocycles. The molecule has 2 amide bonds. The molecular weight excluding hydrogens is 439 g/mol. The van der Waals surface area contributed by atoms with E-state index >= 15 is 0 Å². The Kier molecular flexibility index (Phi) is 7.74. The van der Waals surface area contributed by atoms with E-state index in [-0.39, 0.29) is 0 Å². The molecule has 3 rings (SSSR count). The first kappa shape index (κ1) is 21.4. The fourth-order valence-electron chi connectivity index (χ4n) is 3.15. The minimum absolute atomic E-state index is 0.383. The number of benzene rings is 2. The lowest BCUT2D eigenvalue weighted by molar-refractivity contribution is -0.136. The highest BCUT2D eigenvalue weighted by molar-refractivity contribution is 9.10. The molecule has 8 heteroatoms. The summed E-state index contributed by atoms with van der Waals surface area (Å²) in [5.74, 6) is -1.84. The number of amides is 2. The molecule has 1 aliphatic rings. The zero-order chi connectivity index (χ0) is 20.6. The Bertz CT molecular complexity index is 822. The number of nitrogens with zero attached hydrogens (tertiary/aromatic N) is 2. The van der Waals surface area contributed by atoms with Gasteiger partial charge in [0.05, 0.1) is 0 Å². The Labute approximate surface area is 178 Å². The van der Waals surface area contributed by atoms with Gasteiger partial charge in [-0.15, -0.1) is 0 Å². The molecule has 1 fully saturated rings. The largest absolute Gasteiger partial charge is 0.347 e. The number of carbonyl (C=O) groups is 2. The Morgan fingerprint density at radius 3 is 2.17 bits per heavy atom. The molecule has 1 heterocycles. The van der Waals surface area contributed by atoms with Gasteiger partial charge in [0.15, 0.2) is 0 Å². The summed E-state index contributed by atoms with van der Waals surface area (Å²) >= 11 is 3.45. The van der Waals surface area contributed by atoms with Crippen LogP contribution in [0.4, 0.5) is 10.1 Å². The van der Waals surface area contributed by atoms with Gasteiger partial charge in [-0.1, -0.05) is 28.1 Å². The van der Waals surface area contributed by atoms with E-state index in [2.05, 4.69) is 60.6 Å². The van der Waals surface area contributed by atoms with Crippen molar-refractivity contribution >= 4 is 33.4 Å². The maximum Gasteiger partial charge on any atom is 0.313 e. The fraction of sp³-hybridized carbons (Fsp3) is 0.333. The highest BCUT2D eigenvalue weighted by Crippen LogP contribution is 2.13. The number of hydrogen-bond acceptors (Lipinski definition) is 4. The van der Waals surface area contributed by atoms with Crippen molar-refractivity contribution in [1.29, 1.82) is 0 Å². The number of nitrogens with one attached hydrogen (secondary N) is 2. The summed E-state index contributed by atoms with van der Waals surface area (Å²) in [4.78, 5) is 28.5. The third-order valence-corrected chi connectivity index (χ3v) is 5.33. The fourth-order valence-corrected chi connectivity index (χ4v) is 3.41. The Morgan fingerprint density at radius 2 is 1.52 bits per heavy atom. The maximum absolute atomic E-state index is 12.9. The Balaban J connectivity index is 1.32. The normalized spacial score (nSPS) is 15.1. The lowest BCUT2D eigenvalue weighted by Gasteiger charge is -2.34. The second kappa shape index (κ2) is 10.5. The van der Waals surface area contributed by atoms with Crippen molar-refractivity contribution < 1.29 is 14.0 Å². The minimum Gasteiger partial charge on any atom is -0.347 e. The summed E-state index contributed by atoms with van der Waals surface area (Å²) in [5, 5.41) is 5.08. The highest BCUT2D eigenvalue weighted by Gasteiger charge is 2.18. The summed E-state index contributed by atoms with van der Waals surface area (Å²) < 4.78 is 14.0. The summed E-state index contributed by atoms with van der Waals surface area (Å²) in [5.41, 5.74) is 1.68. The van der Waals surface area contributed by atoms with Gasteiger partial charge in [0.2, 0.25) is 0 Å². The standard InChI is InChI=1S/C21H24BrFN4O2/c22-17-3-1-16(2-4-17)15-27-13-11-26(12-14-27)10-9-24-20(28)21(29)25-19-7-5-18(23)6-8-19/h1-8H,9-15H2,(H,24,28)(H,25,29). The molecule has 154 valence electrons. The number of rotatable bonds is 6. The first-order valence-corrected chi connectivity index (χ1v) is 10.3. The molecule has 0 bridgehead atoms. The molecule has 0 radical (unpaired) electrons. The first-order chi connectivity index (χ1) is 14.0. The van der Waals surface area contributed by atoms with Crippen LogP contribution in [0, 0.1) is 5.82 Å². The first-order valence-electron chi connectivity index (χ1n) is 9.53. The van der Waals surface area contributed by atoms with Crippen LogP contribution >= 0.6 is 15.9 Å². The molecule has 0 unspecified atom stereocenters. The van der Waals surface area contributed by atoms with Gasteiger partial charge < -0.3 is 10.6 Å². The van der Waals surface area contributed by atoms with E-state index in [1.807, 2.05) is 0 Å². The van der Waals surface area contributed by atoms with E-state index in [0.29, 0.717) is 18.8 Å². The SMILES string of the molecule is O=C(NCCN1CCN(Cc2ccc(Br)cc2)CC1)C(=O)Nc1ccc(F)cc1. The number of carbonyl (C=O) groups excluding carboxylic acids is 2. The molecule has 0 aliphatic carbocycles. The maximum atomic E-state index is 12.9. The van der Waals surface area contributed by atoms with Crippen molar-refractivity contribution in [2.45, 2.75) is 6.54 Å². The zero-order valence-corrected chi connectivity index (χ0v) is 17.6. The van der Waals surface area contributed by atoms with Crippen molar-refractivity contribution in [3.8, 4) is 0 Å². The number of anilines is 1. The van der Waals surface area contributed by atoms with Gasteiger partial charge in [0, 0.05) is 56.0 Å². The van der Waals surface area contributed by atoms with Crippen molar-refractivity contribution in [2.75, 3.05) is 44.6 Å². The Morgan fingerprint density at radius 1 is 0.897 bits per heavy atom. The minimum atomic E-state index is -0.754. The van der Waals surface area contributed by atoms with E-state index in [9.17, 15) is 14.0 Å². The molecule has 2 aromatic rings. The second-order valence-corrected chi connectivity index (χ2v) is 7.88. The highest BCUT2D eigenvalue weighted by atomic mass is 79.9. The average Bonchev–Trinajstić information content (AvgIpc) is 2.72. The topological polar surface area (TPSA) is 64.7 Å².